The summed E-state index contributed by atoms with van der Waals surface area (Å²) in [6, 6.07) is 0. The Morgan fingerprint density at radius 2 is 1.53 bits per heavy atom. The Balaban J connectivity index is 1.64. The van der Waals surface area contributed by atoms with Gasteiger partial charge < -0.3 is 15.1 Å². The summed E-state index contributed by atoms with van der Waals surface area (Å²) in [6.07, 6.45) is 5.61. The fourth-order valence-electron chi connectivity index (χ4n) is 3.27. The van der Waals surface area contributed by atoms with Gasteiger partial charge in [0.15, 0.2) is 0 Å². The van der Waals surface area contributed by atoms with Gasteiger partial charge in [0, 0.05) is 6.54 Å². The van der Waals surface area contributed by atoms with Crippen molar-refractivity contribution in [1.29, 1.82) is 0 Å². The molecule has 0 aromatic carbocycles. The highest BCUT2D eigenvalue weighted by Gasteiger charge is 2.23. The van der Waals surface area contributed by atoms with Crippen molar-refractivity contribution in [2.75, 3.05) is 53.4 Å². The topological polar surface area (TPSA) is 18.5 Å². The average Bonchev–Trinajstić information content (AvgIpc) is 2.35. The van der Waals surface area contributed by atoms with Crippen molar-refractivity contribution < 1.29 is 0 Å². The van der Waals surface area contributed by atoms with Crippen molar-refractivity contribution in [2.45, 2.75) is 25.7 Å². The maximum Gasteiger partial charge on any atom is 0.00106 e. The summed E-state index contributed by atoms with van der Waals surface area (Å²) >= 11 is 0. The standard InChI is InChI=1S/C14H29N3/c1-15-11-13-5-9-17(10-6-13)12-14-3-7-16(2)8-4-14/h13-15H,3-12H2,1-2H3. The van der Waals surface area contributed by atoms with Gasteiger partial charge in [0.2, 0.25) is 0 Å². The van der Waals surface area contributed by atoms with Crippen LogP contribution in [-0.2, 0) is 0 Å². The SMILES string of the molecule is CNCC1CCN(CC2CCN(C)CC2)CC1. The van der Waals surface area contributed by atoms with Crippen LogP contribution in [0.3, 0.4) is 0 Å². The molecule has 2 aliphatic rings. The molecule has 2 saturated heterocycles. The molecule has 0 spiro atoms. The largest absolute Gasteiger partial charge is 0.319 e. The number of nitrogens with one attached hydrogen (secondary N) is 1. The quantitative estimate of drug-likeness (QED) is 0.797. The number of hydrogen-bond acceptors (Lipinski definition) is 3. The van der Waals surface area contributed by atoms with Gasteiger partial charge in [-0.1, -0.05) is 0 Å². The monoisotopic (exact) mass is 239 g/mol. The molecule has 0 aromatic rings. The molecule has 0 atom stereocenters. The zero-order valence-electron chi connectivity index (χ0n) is 11.6. The van der Waals surface area contributed by atoms with E-state index in [1.807, 2.05) is 0 Å². The van der Waals surface area contributed by atoms with E-state index in [0.29, 0.717) is 0 Å². The molecule has 0 aromatic heterocycles. The number of nitrogens with zero attached hydrogens (tertiary/aromatic N) is 2. The number of piperidine rings is 2. The third-order valence-corrected chi connectivity index (χ3v) is 4.55. The van der Waals surface area contributed by atoms with Crippen molar-refractivity contribution in [3.05, 3.63) is 0 Å². The minimum absolute atomic E-state index is 0.925. The van der Waals surface area contributed by atoms with Crippen LogP contribution in [0.1, 0.15) is 25.7 Å². The molecule has 17 heavy (non-hydrogen) atoms. The van der Waals surface area contributed by atoms with Gasteiger partial charge in [-0.05, 0) is 84.3 Å². The Kier molecular flexibility index (Phi) is 5.26. The molecule has 3 nitrogen and oxygen atoms in total. The van der Waals surface area contributed by atoms with Crippen molar-refractivity contribution in [2.24, 2.45) is 11.8 Å². The molecule has 0 aliphatic carbocycles. The third-order valence-electron chi connectivity index (χ3n) is 4.55. The second-order valence-corrected chi connectivity index (χ2v) is 6.05. The van der Waals surface area contributed by atoms with Crippen molar-refractivity contribution in [1.82, 2.24) is 15.1 Å². The molecule has 0 bridgehead atoms. The van der Waals surface area contributed by atoms with E-state index >= 15 is 0 Å². The van der Waals surface area contributed by atoms with Crippen LogP contribution in [0.2, 0.25) is 0 Å². The molecule has 2 rings (SSSR count). The molecule has 3 heteroatoms. The molecule has 0 saturated carbocycles. The first-order valence-corrected chi connectivity index (χ1v) is 7.33. The first kappa shape index (κ1) is 13.3. The van der Waals surface area contributed by atoms with Gasteiger partial charge in [-0.2, -0.15) is 0 Å². The van der Waals surface area contributed by atoms with Crippen LogP contribution in [-0.4, -0.2) is 63.2 Å². The molecule has 0 unspecified atom stereocenters. The van der Waals surface area contributed by atoms with Crippen LogP contribution in [0.25, 0.3) is 0 Å². The lowest BCUT2D eigenvalue weighted by Gasteiger charge is -2.36. The van der Waals surface area contributed by atoms with E-state index in [1.54, 1.807) is 0 Å². The lowest BCUT2D eigenvalue weighted by atomic mass is 9.93. The third kappa shape index (κ3) is 4.23. The van der Waals surface area contributed by atoms with Gasteiger partial charge in [0.1, 0.15) is 0 Å². The van der Waals surface area contributed by atoms with Crippen LogP contribution in [0, 0.1) is 11.8 Å². The highest BCUT2D eigenvalue weighted by molar-refractivity contribution is 4.78. The second-order valence-electron chi connectivity index (χ2n) is 6.05. The first-order valence-electron chi connectivity index (χ1n) is 7.33. The van der Waals surface area contributed by atoms with E-state index in [1.165, 1.54) is 65.0 Å². The Hall–Kier alpha value is -0.120. The molecule has 0 amide bonds. The zero-order chi connectivity index (χ0) is 12.1. The maximum atomic E-state index is 3.31. The second kappa shape index (κ2) is 6.72. The van der Waals surface area contributed by atoms with E-state index < -0.39 is 0 Å². The van der Waals surface area contributed by atoms with E-state index in [2.05, 4.69) is 29.2 Å². The van der Waals surface area contributed by atoms with Crippen LogP contribution < -0.4 is 5.32 Å². The predicted octanol–water partition coefficient (Wildman–Crippen LogP) is 1.26. The van der Waals surface area contributed by atoms with Crippen molar-refractivity contribution >= 4 is 0 Å². The number of hydrogen-bond donors (Lipinski definition) is 1. The van der Waals surface area contributed by atoms with E-state index in [9.17, 15) is 0 Å². The molecule has 1 N–H and O–H groups in total. The Labute approximate surface area is 107 Å². The summed E-state index contributed by atoms with van der Waals surface area (Å²) in [5.41, 5.74) is 0. The molecule has 100 valence electrons. The molecule has 2 fully saturated rings. The molecule has 2 heterocycles. The minimum atomic E-state index is 0.925. The van der Waals surface area contributed by atoms with Crippen LogP contribution in [0.15, 0.2) is 0 Å². The Bertz CT molecular complexity index is 204. The first-order chi connectivity index (χ1) is 8.28. The summed E-state index contributed by atoms with van der Waals surface area (Å²) in [7, 11) is 4.32. The van der Waals surface area contributed by atoms with Crippen LogP contribution in [0.4, 0.5) is 0 Å². The van der Waals surface area contributed by atoms with Gasteiger partial charge in [0.25, 0.3) is 0 Å². The smallest absolute Gasteiger partial charge is 0.00106 e. The molecule has 0 radical (unpaired) electrons. The fraction of sp³-hybridized carbons (Fsp3) is 1.00. The average molecular weight is 239 g/mol. The predicted molar refractivity (Wildman–Crippen MR) is 73.3 cm³/mol. The number of rotatable bonds is 4. The van der Waals surface area contributed by atoms with E-state index in [-0.39, 0.29) is 0 Å². The van der Waals surface area contributed by atoms with Crippen molar-refractivity contribution in [3.8, 4) is 0 Å². The minimum Gasteiger partial charge on any atom is -0.319 e. The van der Waals surface area contributed by atoms with Gasteiger partial charge in [0.05, 0.1) is 0 Å². The van der Waals surface area contributed by atoms with Crippen LogP contribution in [0.5, 0.6) is 0 Å². The van der Waals surface area contributed by atoms with Gasteiger partial charge >= 0.3 is 0 Å². The summed E-state index contributed by atoms with van der Waals surface area (Å²) in [4.78, 5) is 5.18. The summed E-state index contributed by atoms with van der Waals surface area (Å²) < 4.78 is 0. The number of likely N-dealkylation sites (tertiary alicyclic amines) is 2. The van der Waals surface area contributed by atoms with Crippen molar-refractivity contribution in [3.63, 3.8) is 0 Å². The molecule has 2 aliphatic heterocycles. The Morgan fingerprint density at radius 1 is 0.941 bits per heavy atom. The lowest BCUT2D eigenvalue weighted by Crippen LogP contribution is -2.41. The fourth-order valence-corrected chi connectivity index (χ4v) is 3.27. The maximum absolute atomic E-state index is 3.31. The van der Waals surface area contributed by atoms with Gasteiger partial charge in [-0.3, -0.25) is 0 Å². The molecular formula is C14H29N3. The summed E-state index contributed by atoms with van der Waals surface area (Å²) in [5.74, 6) is 1.89. The summed E-state index contributed by atoms with van der Waals surface area (Å²) in [5, 5.41) is 3.31. The lowest BCUT2D eigenvalue weighted by molar-refractivity contribution is 0.127. The zero-order valence-corrected chi connectivity index (χ0v) is 11.6. The molecular weight excluding hydrogens is 210 g/mol. The highest BCUT2D eigenvalue weighted by atomic mass is 15.1. The normalized spacial score (nSPS) is 26.5. The van der Waals surface area contributed by atoms with Crippen LogP contribution >= 0.6 is 0 Å². The van der Waals surface area contributed by atoms with Gasteiger partial charge in [-0.15, -0.1) is 0 Å². The van der Waals surface area contributed by atoms with E-state index in [4.69, 9.17) is 0 Å². The summed E-state index contributed by atoms with van der Waals surface area (Å²) in [6.45, 7) is 7.85. The van der Waals surface area contributed by atoms with Gasteiger partial charge in [-0.25, -0.2) is 0 Å². The highest BCUT2D eigenvalue weighted by Crippen LogP contribution is 2.21. The Morgan fingerprint density at radius 3 is 2.12 bits per heavy atom. The van der Waals surface area contributed by atoms with E-state index in [0.717, 1.165) is 11.8 Å².